The number of rotatable bonds is 17. The van der Waals surface area contributed by atoms with E-state index in [-0.39, 0.29) is 30.9 Å². The fourth-order valence-electron chi connectivity index (χ4n) is 4.00. The molecule has 1 aliphatic carbocycles. The average molecular weight is 577 g/mol. The summed E-state index contributed by atoms with van der Waals surface area (Å²) in [5.41, 5.74) is 0.813. The summed E-state index contributed by atoms with van der Waals surface area (Å²) in [6.45, 7) is 7.72. The molecule has 222 valence electrons. The van der Waals surface area contributed by atoms with Crippen molar-refractivity contribution < 1.29 is 28.7 Å². The Kier molecular flexibility index (Phi) is 14.0. The molecule has 0 bridgehead atoms. The highest BCUT2D eigenvalue weighted by atomic mass is 32.2. The average Bonchev–Trinajstić information content (AvgIpc) is 3.72. The number of Topliss-reactive ketones (excluding diaryl/α,β-unsaturated/α-hetero) is 1. The molecule has 0 heterocycles. The summed E-state index contributed by atoms with van der Waals surface area (Å²) < 4.78 is 5.29. The van der Waals surface area contributed by atoms with Crippen molar-refractivity contribution in [3.05, 3.63) is 35.9 Å². The second kappa shape index (κ2) is 16.9. The fourth-order valence-corrected chi connectivity index (χ4v) is 4.48. The van der Waals surface area contributed by atoms with Crippen LogP contribution < -0.4 is 21.3 Å². The van der Waals surface area contributed by atoms with Crippen LogP contribution in [0.2, 0.25) is 0 Å². The number of carbonyl (C=O) groups excluding carboxylic acids is 5. The normalized spacial score (nSPS) is 15.1. The third-order valence-corrected chi connectivity index (χ3v) is 6.89. The van der Waals surface area contributed by atoms with Gasteiger partial charge in [-0.15, -0.1) is 0 Å². The Morgan fingerprint density at radius 1 is 0.850 bits per heavy atom. The summed E-state index contributed by atoms with van der Waals surface area (Å²) >= 11 is 1.50. The van der Waals surface area contributed by atoms with Crippen LogP contribution in [0.1, 0.15) is 65.4 Å². The Bertz CT molecular complexity index is 999. The zero-order valence-electron chi connectivity index (χ0n) is 24.2. The lowest BCUT2D eigenvalue weighted by Gasteiger charge is -2.26. The van der Waals surface area contributed by atoms with Gasteiger partial charge in [-0.2, -0.15) is 11.8 Å². The molecule has 4 amide bonds. The Labute approximate surface area is 241 Å². The van der Waals surface area contributed by atoms with Crippen molar-refractivity contribution in [1.29, 1.82) is 0 Å². The highest BCUT2D eigenvalue weighted by Crippen LogP contribution is 2.18. The maximum absolute atomic E-state index is 13.3. The summed E-state index contributed by atoms with van der Waals surface area (Å²) in [5.74, 6) is -1.78. The van der Waals surface area contributed by atoms with Crippen LogP contribution in [-0.4, -0.2) is 65.8 Å². The second-order valence-electron chi connectivity index (χ2n) is 11.0. The molecule has 40 heavy (non-hydrogen) atoms. The number of alkyl carbamates (subject to hydrolysis) is 1. The van der Waals surface area contributed by atoms with Crippen LogP contribution in [0.3, 0.4) is 0 Å². The van der Waals surface area contributed by atoms with Crippen LogP contribution in [0.4, 0.5) is 4.79 Å². The van der Waals surface area contributed by atoms with Crippen LogP contribution in [0.15, 0.2) is 30.3 Å². The molecule has 1 aromatic carbocycles. The van der Waals surface area contributed by atoms with Gasteiger partial charge in [-0.05, 0) is 61.5 Å². The standard InChI is InChI=1S/C29H44N4O6S/c1-18(2)15-23(26(35)31-22(13-14-40-5)25(34)28(37)30-21-11-12-21)32-27(36)24(16-19(3)4)33-29(38)39-17-20-9-7-6-8-10-20/h6-10,18-19,21-24H,11-17H2,1-5H3,(H,30,37)(H,31,35)(H,32,36)(H,33,38)/t22-,23-,24-/m0/s1. The quantitative estimate of drug-likeness (QED) is 0.209. The maximum atomic E-state index is 13.3. The van der Waals surface area contributed by atoms with E-state index >= 15 is 0 Å². The summed E-state index contributed by atoms with van der Waals surface area (Å²) in [6.07, 6.45) is 3.75. The minimum absolute atomic E-state index is 0.0195. The van der Waals surface area contributed by atoms with Gasteiger partial charge in [0.05, 0.1) is 6.04 Å². The Hall–Kier alpha value is -3.08. The molecule has 4 N–H and O–H groups in total. The van der Waals surface area contributed by atoms with E-state index in [1.54, 1.807) is 0 Å². The van der Waals surface area contributed by atoms with Crippen molar-refractivity contribution in [1.82, 2.24) is 21.3 Å². The molecule has 0 saturated heterocycles. The number of thioether (sulfide) groups is 1. The summed E-state index contributed by atoms with van der Waals surface area (Å²) in [6, 6.07) is 6.33. The summed E-state index contributed by atoms with van der Waals surface area (Å²) in [5, 5.41) is 10.8. The first-order valence-corrected chi connectivity index (χ1v) is 15.3. The van der Waals surface area contributed by atoms with Crippen molar-refractivity contribution in [2.24, 2.45) is 11.8 Å². The Morgan fingerprint density at radius 2 is 1.40 bits per heavy atom. The molecule has 2 rings (SSSR count). The lowest BCUT2D eigenvalue weighted by atomic mass is 9.99. The van der Waals surface area contributed by atoms with E-state index in [0.717, 1.165) is 18.4 Å². The molecule has 0 aromatic heterocycles. The molecule has 1 aromatic rings. The van der Waals surface area contributed by atoms with Crippen LogP contribution in [0.5, 0.6) is 0 Å². The molecular weight excluding hydrogens is 532 g/mol. The lowest BCUT2D eigenvalue weighted by molar-refractivity contribution is -0.140. The first kappa shape index (κ1) is 33.1. The molecule has 1 saturated carbocycles. The Balaban J connectivity index is 2.08. The number of carbonyl (C=O) groups is 5. The highest BCUT2D eigenvalue weighted by Gasteiger charge is 2.34. The summed E-state index contributed by atoms with van der Waals surface area (Å²) in [4.78, 5) is 64.4. The molecule has 10 nitrogen and oxygen atoms in total. The molecule has 0 radical (unpaired) electrons. The number of ketones is 1. The molecule has 0 aliphatic heterocycles. The van der Waals surface area contributed by atoms with Gasteiger partial charge in [0.2, 0.25) is 17.6 Å². The van der Waals surface area contributed by atoms with Crippen molar-refractivity contribution in [2.45, 2.75) is 90.6 Å². The van der Waals surface area contributed by atoms with E-state index in [2.05, 4.69) is 21.3 Å². The Morgan fingerprint density at radius 3 is 1.93 bits per heavy atom. The van der Waals surface area contributed by atoms with Crippen LogP contribution in [-0.2, 0) is 30.5 Å². The zero-order valence-corrected chi connectivity index (χ0v) is 25.0. The lowest BCUT2D eigenvalue weighted by Crippen LogP contribution is -2.57. The van der Waals surface area contributed by atoms with Crippen molar-refractivity contribution in [3.63, 3.8) is 0 Å². The minimum atomic E-state index is -0.997. The highest BCUT2D eigenvalue weighted by molar-refractivity contribution is 7.98. The molecule has 0 spiro atoms. The van der Waals surface area contributed by atoms with Gasteiger partial charge in [-0.3, -0.25) is 19.2 Å². The van der Waals surface area contributed by atoms with Gasteiger partial charge >= 0.3 is 6.09 Å². The van der Waals surface area contributed by atoms with Crippen molar-refractivity contribution in [3.8, 4) is 0 Å². The van der Waals surface area contributed by atoms with Crippen molar-refractivity contribution >= 4 is 41.4 Å². The van der Waals surface area contributed by atoms with E-state index in [9.17, 15) is 24.0 Å². The number of nitrogens with one attached hydrogen (secondary N) is 4. The third-order valence-electron chi connectivity index (χ3n) is 6.25. The zero-order chi connectivity index (χ0) is 29.7. The maximum Gasteiger partial charge on any atom is 0.408 e. The van der Waals surface area contributed by atoms with E-state index in [0.29, 0.717) is 18.6 Å². The molecule has 3 atom stereocenters. The van der Waals surface area contributed by atoms with E-state index in [4.69, 9.17) is 4.74 Å². The van der Waals surface area contributed by atoms with Gasteiger partial charge in [0, 0.05) is 6.04 Å². The number of amides is 4. The van der Waals surface area contributed by atoms with Gasteiger partial charge in [0.1, 0.15) is 18.7 Å². The van der Waals surface area contributed by atoms with E-state index in [1.807, 2.05) is 64.3 Å². The van der Waals surface area contributed by atoms with Gasteiger partial charge in [-0.1, -0.05) is 58.0 Å². The first-order chi connectivity index (χ1) is 19.0. The van der Waals surface area contributed by atoms with E-state index in [1.165, 1.54) is 11.8 Å². The molecule has 11 heteroatoms. The topological polar surface area (TPSA) is 143 Å². The molecule has 1 aliphatic rings. The number of hydrogen-bond acceptors (Lipinski definition) is 7. The van der Waals surface area contributed by atoms with Gasteiger partial charge in [0.25, 0.3) is 5.91 Å². The minimum Gasteiger partial charge on any atom is -0.445 e. The molecule has 1 fully saturated rings. The first-order valence-electron chi connectivity index (χ1n) is 13.9. The predicted octanol–water partition coefficient (Wildman–Crippen LogP) is 2.94. The fraction of sp³-hybridized carbons (Fsp3) is 0.621. The third kappa shape index (κ3) is 12.4. The van der Waals surface area contributed by atoms with Crippen LogP contribution in [0.25, 0.3) is 0 Å². The smallest absolute Gasteiger partial charge is 0.408 e. The number of hydrogen-bond donors (Lipinski definition) is 4. The van der Waals surface area contributed by atoms with Gasteiger partial charge < -0.3 is 26.0 Å². The number of ether oxygens (including phenoxy) is 1. The molecular formula is C29H44N4O6S. The van der Waals surface area contributed by atoms with E-state index < -0.39 is 47.7 Å². The monoisotopic (exact) mass is 576 g/mol. The second-order valence-corrected chi connectivity index (χ2v) is 12.0. The van der Waals surface area contributed by atoms with Crippen molar-refractivity contribution in [2.75, 3.05) is 12.0 Å². The van der Waals surface area contributed by atoms with Crippen LogP contribution in [0, 0.1) is 11.8 Å². The largest absolute Gasteiger partial charge is 0.445 e. The van der Waals surface area contributed by atoms with Gasteiger partial charge in [0.15, 0.2) is 0 Å². The molecule has 0 unspecified atom stereocenters. The SMILES string of the molecule is CSCC[C@H](NC(=O)[C@H](CC(C)C)NC(=O)[C@H](CC(C)C)NC(=O)OCc1ccccc1)C(=O)C(=O)NC1CC1. The summed E-state index contributed by atoms with van der Waals surface area (Å²) in [7, 11) is 0. The van der Waals surface area contributed by atoms with Crippen LogP contribution >= 0.6 is 11.8 Å². The van der Waals surface area contributed by atoms with Gasteiger partial charge in [-0.25, -0.2) is 4.79 Å². The predicted molar refractivity (Wildman–Crippen MR) is 155 cm³/mol. The number of benzene rings is 1.